The fraction of sp³-hybridized carbons (Fsp3) is 0.133. The molecular formula is C30H31N4O4Zr. The van der Waals surface area contributed by atoms with Gasteiger partial charge in [0, 0.05) is 22.1 Å². The first-order chi connectivity index (χ1) is 19.0. The summed E-state index contributed by atoms with van der Waals surface area (Å²) in [5.41, 5.74) is 7.86. The van der Waals surface area contributed by atoms with Crippen LogP contribution in [0.25, 0.3) is 46.4 Å². The molecule has 8 nitrogen and oxygen atoms in total. The average molecular weight is 603 g/mol. The molecule has 6 rings (SSSR count). The van der Waals surface area contributed by atoms with Gasteiger partial charge in [0.2, 0.25) is 0 Å². The summed E-state index contributed by atoms with van der Waals surface area (Å²) in [7, 11) is 6.20. The summed E-state index contributed by atoms with van der Waals surface area (Å²) >= 11 is -4.57. The zero-order valence-electron chi connectivity index (χ0n) is 22.3. The molecule has 0 unspecified atom stereocenters. The van der Waals surface area contributed by atoms with Gasteiger partial charge in [-0.3, -0.25) is 0 Å². The van der Waals surface area contributed by atoms with Gasteiger partial charge in [0.15, 0.2) is 0 Å². The van der Waals surface area contributed by atoms with Crippen LogP contribution in [-0.2, 0) is 31.8 Å². The number of benzene rings is 1. The predicted molar refractivity (Wildman–Crippen MR) is 153 cm³/mol. The molecule has 0 radical (unpaired) electrons. The molecule has 8 bridgehead atoms. The second kappa shape index (κ2) is 11.3. The maximum absolute atomic E-state index is 5.50. The number of hydrogen-bond acceptors (Lipinski definition) is 6. The van der Waals surface area contributed by atoms with E-state index in [0.29, 0.717) is 0 Å². The molecule has 0 atom stereocenters. The average Bonchev–Trinajstić information content (AvgIpc) is 3.79. The number of H-pyrrole nitrogens is 2. The molecule has 0 amide bonds. The Morgan fingerprint density at radius 1 is 0.487 bits per heavy atom. The van der Waals surface area contributed by atoms with Crippen LogP contribution in [0.2, 0.25) is 0 Å². The Morgan fingerprint density at radius 2 is 0.821 bits per heavy atom. The van der Waals surface area contributed by atoms with Gasteiger partial charge in [-0.15, -0.1) is 0 Å². The van der Waals surface area contributed by atoms with Gasteiger partial charge < -0.3 is 9.97 Å². The Balaban J connectivity index is 0.000000179. The van der Waals surface area contributed by atoms with Crippen LogP contribution in [0.15, 0.2) is 78.9 Å². The molecule has 2 aliphatic rings. The second-order valence-electron chi connectivity index (χ2n) is 9.00. The summed E-state index contributed by atoms with van der Waals surface area (Å²) in [5.74, 6) is 0. The van der Waals surface area contributed by atoms with Crippen LogP contribution in [-0.4, -0.2) is 48.4 Å². The fourth-order valence-electron chi connectivity index (χ4n) is 4.63. The molecule has 4 aromatic rings. The Kier molecular flexibility index (Phi) is 7.89. The van der Waals surface area contributed by atoms with Crippen molar-refractivity contribution in [2.24, 2.45) is 0 Å². The van der Waals surface area contributed by atoms with E-state index < -0.39 is 20.5 Å². The zero-order valence-corrected chi connectivity index (χ0v) is 24.8. The quantitative estimate of drug-likeness (QED) is 0.255. The first kappa shape index (κ1) is 27.1. The number of fused-ring (bicyclic) bond motifs is 8. The molecular weight excluding hydrogens is 572 g/mol. The molecule has 9 heteroatoms. The van der Waals surface area contributed by atoms with E-state index in [2.05, 4.69) is 44.2 Å². The van der Waals surface area contributed by atoms with Crippen LogP contribution >= 0.6 is 0 Å². The van der Waals surface area contributed by atoms with Crippen molar-refractivity contribution in [3.8, 4) is 0 Å². The second-order valence-corrected chi connectivity index (χ2v) is 18.9. The minimum absolute atomic E-state index is 0.842. The standard InChI is InChI=1S/C20H14N4.C6H5.4CH3O.Zr/c1-2-14-10-16-5-6-18(23-16)12-20-8-7-19(24-20)11-17-4-3-15(22-17)9-13(1)21-14;1-2-4-6-5-3-1;4*1-2;/h1-12,21,24H;1-5H;4*1H3;/q;;4*-1;+4. The summed E-state index contributed by atoms with van der Waals surface area (Å²) in [5, 5.41) is 0. The molecule has 0 aliphatic carbocycles. The fourth-order valence-corrected chi connectivity index (χ4v) is 11.2. The van der Waals surface area contributed by atoms with Crippen molar-refractivity contribution in [1.82, 2.24) is 19.9 Å². The van der Waals surface area contributed by atoms with Crippen LogP contribution in [0.1, 0.15) is 22.8 Å². The van der Waals surface area contributed by atoms with Crippen molar-refractivity contribution in [3.63, 3.8) is 0 Å². The molecule has 0 fully saturated rings. The van der Waals surface area contributed by atoms with Crippen LogP contribution in [0.4, 0.5) is 0 Å². The summed E-state index contributed by atoms with van der Waals surface area (Å²) < 4.78 is 22.9. The van der Waals surface area contributed by atoms with Gasteiger partial charge in [0.05, 0.1) is 22.8 Å². The minimum atomic E-state index is -4.57. The van der Waals surface area contributed by atoms with E-state index in [1.165, 1.54) is 0 Å². The van der Waals surface area contributed by atoms with E-state index in [1.807, 2.05) is 78.9 Å². The predicted octanol–water partition coefficient (Wildman–Crippen LogP) is 5.90. The summed E-state index contributed by atoms with van der Waals surface area (Å²) in [4.78, 5) is 16.0. The SMILES string of the molecule is C1=Cc2cc3ccc(cc4nc(cc5ccc(cc1n2)[nH]5)C=C4)[nH]3.C[O][Zr]([O]C)([O]C)([O]C)[c]1ccccc1. The third kappa shape index (κ3) is 5.64. The van der Waals surface area contributed by atoms with Gasteiger partial charge in [-0.05, 0) is 72.8 Å². The molecule has 0 spiro atoms. The summed E-state index contributed by atoms with van der Waals surface area (Å²) in [6.07, 6.45) is 8.09. The molecule has 2 aliphatic heterocycles. The van der Waals surface area contributed by atoms with Crippen molar-refractivity contribution >= 4 is 49.6 Å². The van der Waals surface area contributed by atoms with Crippen molar-refractivity contribution < 1.29 is 31.8 Å². The number of aromatic amines is 2. The van der Waals surface area contributed by atoms with E-state index in [4.69, 9.17) is 11.3 Å². The van der Waals surface area contributed by atoms with Crippen molar-refractivity contribution in [3.05, 3.63) is 102 Å². The van der Waals surface area contributed by atoms with Crippen LogP contribution in [0.3, 0.4) is 0 Å². The number of rotatable bonds is 5. The zero-order chi connectivity index (χ0) is 27.3. The Labute approximate surface area is 230 Å². The molecule has 199 valence electrons. The van der Waals surface area contributed by atoms with Crippen molar-refractivity contribution in [2.45, 2.75) is 0 Å². The topological polar surface area (TPSA) is 94.3 Å². The molecule has 0 saturated heterocycles. The van der Waals surface area contributed by atoms with Gasteiger partial charge in [0.25, 0.3) is 0 Å². The number of hydrogen-bond donors (Lipinski definition) is 2. The van der Waals surface area contributed by atoms with E-state index >= 15 is 0 Å². The summed E-state index contributed by atoms with van der Waals surface area (Å²) in [6, 6.07) is 25.9. The van der Waals surface area contributed by atoms with Gasteiger partial charge >= 0.3 is 93.8 Å². The molecule has 3 aromatic heterocycles. The Bertz CT molecular complexity index is 1490. The maximum atomic E-state index is 5.50. The van der Waals surface area contributed by atoms with Crippen molar-refractivity contribution in [1.29, 1.82) is 0 Å². The normalized spacial score (nSPS) is 13.4. The first-order valence-corrected chi connectivity index (χ1v) is 17.7. The molecule has 0 saturated carbocycles. The Hall–Kier alpha value is -3.46. The van der Waals surface area contributed by atoms with Crippen LogP contribution in [0, 0.1) is 0 Å². The number of nitrogens with one attached hydrogen (secondary N) is 2. The van der Waals surface area contributed by atoms with Gasteiger partial charge in [-0.1, -0.05) is 0 Å². The monoisotopic (exact) mass is 601 g/mol. The van der Waals surface area contributed by atoms with E-state index in [1.54, 1.807) is 28.4 Å². The van der Waals surface area contributed by atoms with Gasteiger partial charge in [-0.2, -0.15) is 0 Å². The third-order valence-electron chi connectivity index (χ3n) is 6.70. The molecule has 5 heterocycles. The molecule has 39 heavy (non-hydrogen) atoms. The Morgan fingerprint density at radius 3 is 1.13 bits per heavy atom. The van der Waals surface area contributed by atoms with Crippen molar-refractivity contribution in [2.75, 3.05) is 28.4 Å². The third-order valence-corrected chi connectivity index (χ3v) is 16.8. The first-order valence-electron chi connectivity index (χ1n) is 12.5. The van der Waals surface area contributed by atoms with E-state index in [-0.39, 0.29) is 0 Å². The molecule has 1 aromatic carbocycles. The van der Waals surface area contributed by atoms with Crippen LogP contribution in [0.5, 0.6) is 0 Å². The summed E-state index contributed by atoms with van der Waals surface area (Å²) in [6.45, 7) is 0. The molecule has 2 N–H and O–H groups in total. The van der Waals surface area contributed by atoms with Crippen LogP contribution < -0.4 is 3.27 Å². The van der Waals surface area contributed by atoms with E-state index in [9.17, 15) is 0 Å². The van der Waals surface area contributed by atoms with Gasteiger partial charge in [0.1, 0.15) is 0 Å². The van der Waals surface area contributed by atoms with E-state index in [0.717, 1.165) is 48.1 Å². The van der Waals surface area contributed by atoms with Gasteiger partial charge in [-0.25, -0.2) is 9.97 Å². The number of nitrogens with zero attached hydrogens (tertiary/aromatic N) is 2. The number of aromatic nitrogens is 4.